The van der Waals surface area contributed by atoms with Gasteiger partial charge in [-0.1, -0.05) is 6.92 Å². The van der Waals surface area contributed by atoms with Crippen LogP contribution < -0.4 is 0 Å². The zero-order chi connectivity index (χ0) is 16.0. The molecule has 3 heterocycles. The molecule has 3 aromatic heterocycles. The molecule has 0 spiro atoms. The molecule has 4 rings (SSSR count). The first-order valence-electron chi connectivity index (χ1n) is 7.69. The summed E-state index contributed by atoms with van der Waals surface area (Å²) in [6, 6.07) is 5.96. The lowest BCUT2D eigenvalue weighted by Crippen LogP contribution is -2.06. The Kier molecular flexibility index (Phi) is 3.14. The van der Waals surface area contributed by atoms with Crippen molar-refractivity contribution in [2.45, 2.75) is 33.1 Å². The summed E-state index contributed by atoms with van der Waals surface area (Å²) in [5.74, 6) is 3.61. The highest BCUT2D eigenvalue weighted by Crippen LogP contribution is 2.47. The smallest absolute Gasteiger partial charge is 0.273 e. The SMILES string of the molecule is Cc1cc(C)n(-c2nncn2/N=C\c2ccc([C@@H]3C[C@@H]3C)o2)n1. The molecule has 1 aliphatic rings. The Morgan fingerprint density at radius 3 is 2.87 bits per heavy atom. The van der Waals surface area contributed by atoms with Crippen molar-refractivity contribution >= 4 is 6.21 Å². The molecule has 0 aromatic carbocycles. The predicted octanol–water partition coefficient (Wildman–Crippen LogP) is 2.68. The van der Waals surface area contributed by atoms with Crippen LogP contribution in [0.1, 0.15) is 42.2 Å². The topological polar surface area (TPSA) is 74.0 Å². The number of hydrogen-bond donors (Lipinski definition) is 0. The molecule has 1 fully saturated rings. The average Bonchev–Trinajstić information content (AvgIpc) is 2.91. The van der Waals surface area contributed by atoms with E-state index in [1.807, 2.05) is 32.0 Å². The molecule has 0 bridgehead atoms. The minimum atomic E-state index is 0.550. The van der Waals surface area contributed by atoms with Crippen LogP contribution in [0.4, 0.5) is 0 Å². The normalized spacial score (nSPS) is 20.5. The van der Waals surface area contributed by atoms with E-state index in [9.17, 15) is 0 Å². The van der Waals surface area contributed by atoms with Gasteiger partial charge in [0.25, 0.3) is 5.95 Å². The van der Waals surface area contributed by atoms with Gasteiger partial charge in [-0.05, 0) is 44.4 Å². The van der Waals surface area contributed by atoms with E-state index in [0.717, 1.165) is 28.8 Å². The van der Waals surface area contributed by atoms with E-state index < -0.39 is 0 Å². The number of nitrogens with zero attached hydrogens (tertiary/aromatic N) is 6. The van der Waals surface area contributed by atoms with Crippen LogP contribution in [0.3, 0.4) is 0 Å². The summed E-state index contributed by atoms with van der Waals surface area (Å²) in [4.78, 5) is 0. The third kappa shape index (κ3) is 2.58. The molecule has 0 saturated heterocycles. The second-order valence-corrected chi connectivity index (χ2v) is 6.12. The third-order valence-electron chi connectivity index (χ3n) is 4.14. The van der Waals surface area contributed by atoms with Crippen LogP contribution in [-0.2, 0) is 0 Å². The molecule has 23 heavy (non-hydrogen) atoms. The Morgan fingerprint density at radius 2 is 2.17 bits per heavy atom. The van der Waals surface area contributed by atoms with Gasteiger partial charge in [0.15, 0.2) is 0 Å². The minimum absolute atomic E-state index is 0.550. The minimum Gasteiger partial charge on any atom is -0.460 e. The van der Waals surface area contributed by atoms with Crippen LogP contribution in [0.5, 0.6) is 0 Å². The van der Waals surface area contributed by atoms with Crippen LogP contribution in [0, 0.1) is 19.8 Å². The second-order valence-electron chi connectivity index (χ2n) is 6.12. The van der Waals surface area contributed by atoms with Crippen molar-refractivity contribution in [2.24, 2.45) is 11.0 Å². The lowest BCUT2D eigenvalue weighted by Gasteiger charge is -2.01. The van der Waals surface area contributed by atoms with Gasteiger partial charge in [0.2, 0.25) is 0 Å². The van der Waals surface area contributed by atoms with E-state index in [0.29, 0.717) is 11.9 Å². The summed E-state index contributed by atoms with van der Waals surface area (Å²) in [7, 11) is 0. The fourth-order valence-electron chi connectivity index (χ4n) is 2.75. The molecule has 118 valence electrons. The van der Waals surface area contributed by atoms with Gasteiger partial charge < -0.3 is 4.42 Å². The summed E-state index contributed by atoms with van der Waals surface area (Å²) < 4.78 is 9.13. The monoisotopic (exact) mass is 310 g/mol. The van der Waals surface area contributed by atoms with Crippen LogP contribution >= 0.6 is 0 Å². The van der Waals surface area contributed by atoms with Gasteiger partial charge in [0, 0.05) is 11.6 Å². The van der Waals surface area contributed by atoms with E-state index >= 15 is 0 Å². The summed E-state index contributed by atoms with van der Waals surface area (Å²) in [5.41, 5.74) is 1.91. The van der Waals surface area contributed by atoms with Crippen LogP contribution in [0.15, 0.2) is 34.0 Å². The molecule has 2 atom stereocenters. The van der Waals surface area contributed by atoms with Crippen molar-refractivity contribution in [3.05, 3.63) is 47.4 Å². The summed E-state index contributed by atoms with van der Waals surface area (Å²) >= 11 is 0. The number of furan rings is 1. The molecule has 0 aliphatic heterocycles. The van der Waals surface area contributed by atoms with Gasteiger partial charge >= 0.3 is 0 Å². The van der Waals surface area contributed by atoms with Gasteiger partial charge in [0.1, 0.15) is 17.8 Å². The molecule has 7 nitrogen and oxygen atoms in total. The first-order valence-corrected chi connectivity index (χ1v) is 7.69. The molecule has 3 aromatic rings. The van der Waals surface area contributed by atoms with Crippen molar-refractivity contribution in [1.29, 1.82) is 0 Å². The molecule has 1 aliphatic carbocycles. The third-order valence-corrected chi connectivity index (χ3v) is 4.14. The number of aromatic nitrogens is 5. The first-order chi connectivity index (χ1) is 11.1. The van der Waals surface area contributed by atoms with Crippen molar-refractivity contribution in [3.63, 3.8) is 0 Å². The van der Waals surface area contributed by atoms with Gasteiger partial charge in [-0.25, -0.2) is 4.68 Å². The molecule has 0 radical (unpaired) electrons. The standard InChI is InChI=1S/C16H18N6O/c1-10-6-14(10)15-5-4-13(23-15)8-18-21-9-17-19-16(21)22-12(3)7-11(2)20-22/h4-5,7-10,14H,6H2,1-3H3/b18-8-/t10-,14+/m0/s1. The van der Waals surface area contributed by atoms with Crippen molar-refractivity contribution in [2.75, 3.05) is 0 Å². The Balaban J connectivity index is 1.59. The zero-order valence-corrected chi connectivity index (χ0v) is 13.3. The highest BCUT2D eigenvalue weighted by atomic mass is 16.3. The summed E-state index contributed by atoms with van der Waals surface area (Å²) in [6.07, 6.45) is 4.43. The zero-order valence-electron chi connectivity index (χ0n) is 13.3. The van der Waals surface area contributed by atoms with Crippen molar-refractivity contribution in [1.82, 2.24) is 24.7 Å². The fourth-order valence-corrected chi connectivity index (χ4v) is 2.75. The maximum absolute atomic E-state index is 5.82. The van der Waals surface area contributed by atoms with E-state index in [1.165, 1.54) is 6.42 Å². The maximum atomic E-state index is 5.82. The summed E-state index contributed by atoms with van der Waals surface area (Å²) in [6.45, 7) is 6.15. The number of rotatable bonds is 4. The largest absolute Gasteiger partial charge is 0.460 e. The Labute approximate surface area is 133 Å². The Morgan fingerprint density at radius 1 is 1.35 bits per heavy atom. The molecule has 0 unspecified atom stereocenters. The summed E-state index contributed by atoms with van der Waals surface area (Å²) in [5, 5.41) is 16.8. The fraction of sp³-hybridized carbons (Fsp3) is 0.375. The Bertz CT molecular complexity index is 871. The van der Waals surface area contributed by atoms with Crippen LogP contribution in [-0.4, -0.2) is 30.9 Å². The first kappa shape index (κ1) is 13.9. The van der Waals surface area contributed by atoms with Gasteiger partial charge in [0.05, 0.1) is 11.9 Å². The highest BCUT2D eigenvalue weighted by Gasteiger charge is 2.36. The maximum Gasteiger partial charge on any atom is 0.273 e. The van der Waals surface area contributed by atoms with E-state index in [-0.39, 0.29) is 0 Å². The molecule has 1 saturated carbocycles. The van der Waals surface area contributed by atoms with Crippen LogP contribution in [0.2, 0.25) is 0 Å². The Hall–Kier alpha value is -2.70. The predicted molar refractivity (Wildman–Crippen MR) is 84.8 cm³/mol. The molecular weight excluding hydrogens is 292 g/mol. The van der Waals surface area contributed by atoms with E-state index in [2.05, 4.69) is 27.3 Å². The van der Waals surface area contributed by atoms with Gasteiger partial charge in [-0.3, -0.25) is 0 Å². The average molecular weight is 310 g/mol. The lowest BCUT2D eigenvalue weighted by atomic mass is 10.3. The van der Waals surface area contributed by atoms with Crippen LogP contribution in [0.25, 0.3) is 5.95 Å². The number of aryl methyl sites for hydroxylation is 2. The molecule has 7 heteroatoms. The van der Waals surface area contributed by atoms with Gasteiger partial charge in [-0.2, -0.15) is 14.9 Å². The van der Waals surface area contributed by atoms with E-state index in [1.54, 1.807) is 21.9 Å². The van der Waals surface area contributed by atoms with Crippen molar-refractivity contribution in [3.8, 4) is 5.95 Å². The lowest BCUT2D eigenvalue weighted by molar-refractivity contribution is 0.500. The quantitative estimate of drug-likeness (QED) is 0.694. The highest BCUT2D eigenvalue weighted by molar-refractivity contribution is 5.75. The molecular formula is C16H18N6O. The van der Waals surface area contributed by atoms with Gasteiger partial charge in [-0.15, -0.1) is 10.2 Å². The van der Waals surface area contributed by atoms with Crippen molar-refractivity contribution < 1.29 is 4.42 Å². The second kappa shape index (κ2) is 5.19. The number of hydrogen-bond acceptors (Lipinski definition) is 5. The molecule has 0 amide bonds. The van der Waals surface area contributed by atoms with E-state index in [4.69, 9.17) is 4.42 Å². The molecule has 0 N–H and O–H groups in total.